The number of hydrogen-bond donors (Lipinski definition) is 1. The van der Waals surface area contributed by atoms with Crippen molar-refractivity contribution in [3.05, 3.63) is 34.9 Å². The fourth-order valence-electron chi connectivity index (χ4n) is 1.75. The van der Waals surface area contributed by atoms with E-state index in [1.165, 1.54) is 0 Å². The molecule has 0 aliphatic rings. The first-order valence-corrected chi connectivity index (χ1v) is 7.32. The molecule has 5 nitrogen and oxygen atoms in total. The summed E-state index contributed by atoms with van der Waals surface area (Å²) < 4.78 is 4.93. The number of carbonyl (C=O) groups excluding carboxylic acids is 2. The maximum atomic E-state index is 11.7. The number of halogens is 1. The van der Waals surface area contributed by atoms with Gasteiger partial charge in [0.1, 0.15) is 0 Å². The Balaban J connectivity index is 2.40. The normalized spacial score (nSPS) is 10.5. The Hall–Kier alpha value is -1.59. The van der Waals surface area contributed by atoms with E-state index in [1.54, 1.807) is 0 Å². The molecule has 0 aromatic heterocycles. The maximum Gasteiger partial charge on any atom is 0.320 e. The molecule has 0 heterocycles. The topological polar surface area (TPSA) is 58.6 Å². The van der Waals surface area contributed by atoms with Gasteiger partial charge in [0.15, 0.2) is 6.61 Å². The summed E-state index contributed by atoms with van der Waals surface area (Å²) in [6, 6.07) is 7.48. The lowest BCUT2D eigenvalue weighted by atomic mass is 10.2. The van der Waals surface area contributed by atoms with Gasteiger partial charge in [-0.15, -0.1) is 0 Å². The minimum atomic E-state index is -0.405. The molecule has 0 fully saturated rings. The van der Waals surface area contributed by atoms with Crippen LogP contribution in [0.15, 0.2) is 24.3 Å². The third-order valence-electron chi connectivity index (χ3n) is 2.86. The lowest BCUT2D eigenvalue weighted by Gasteiger charge is -2.19. The predicted octanol–water partition coefficient (Wildman–Crippen LogP) is 1.84. The second kappa shape index (κ2) is 9.37. The lowest BCUT2D eigenvalue weighted by molar-refractivity contribution is -0.149. The molecule has 0 bridgehead atoms. The largest absolute Gasteiger partial charge is 0.455 e. The number of benzene rings is 1. The van der Waals surface area contributed by atoms with Crippen molar-refractivity contribution in [2.24, 2.45) is 0 Å². The molecule has 0 aliphatic heterocycles. The number of likely N-dealkylation sites (N-methyl/N-ethyl adjacent to an activating group) is 2. The summed E-state index contributed by atoms with van der Waals surface area (Å²) in [6.45, 7) is 5.55. The van der Waals surface area contributed by atoms with Gasteiger partial charge in [-0.2, -0.15) is 0 Å². The molecule has 0 unspecified atom stereocenters. The molecule has 1 aromatic rings. The van der Waals surface area contributed by atoms with Crippen molar-refractivity contribution in [2.45, 2.75) is 20.4 Å². The molecule has 0 saturated heterocycles. The number of nitrogens with zero attached hydrogens (tertiary/aromatic N) is 1. The highest BCUT2D eigenvalue weighted by molar-refractivity contribution is 6.30. The maximum absolute atomic E-state index is 11.7. The van der Waals surface area contributed by atoms with Crippen LogP contribution in [0.2, 0.25) is 5.02 Å². The fraction of sp³-hybridized carbons (Fsp3) is 0.467. The number of carbonyl (C=O) groups is 2. The smallest absolute Gasteiger partial charge is 0.320 e. The molecule has 0 atom stereocenters. The van der Waals surface area contributed by atoms with Crippen LogP contribution in [0.5, 0.6) is 0 Å². The van der Waals surface area contributed by atoms with Gasteiger partial charge in [0, 0.05) is 18.1 Å². The van der Waals surface area contributed by atoms with Crippen LogP contribution in [0, 0.1) is 0 Å². The average molecular weight is 313 g/mol. The van der Waals surface area contributed by atoms with Crippen molar-refractivity contribution in [1.29, 1.82) is 0 Å². The van der Waals surface area contributed by atoms with E-state index in [1.807, 2.05) is 43.0 Å². The number of hydrogen-bond acceptors (Lipinski definition) is 4. The van der Waals surface area contributed by atoms with Crippen molar-refractivity contribution in [2.75, 3.05) is 26.2 Å². The highest BCUT2D eigenvalue weighted by Crippen LogP contribution is 2.11. The number of rotatable bonds is 8. The zero-order valence-electron chi connectivity index (χ0n) is 12.4. The quantitative estimate of drug-likeness (QED) is 0.744. The molecule has 0 spiro atoms. The van der Waals surface area contributed by atoms with E-state index >= 15 is 0 Å². The average Bonchev–Trinajstić information content (AvgIpc) is 2.47. The van der Waals surface area contributed by atoms with Crippen LogP contribution in [0.3, 0.4) is 0 Å². The minimum absolute atomic E-state index is 0.151. The molecule has 1 aromatic carbocycles. The second-order valence-electron chi connectivity index (χ2n) is 4.54. The molecule has 1 rings (SSSR count). The summed E-state index contributed by atoms with van der Waals surface area (Å²) in [7, 11) is 0. The third-order valence-corrected chi connectivity index (χ3v) is 3.11. The highest BCUT2D eigenvalue weighted by Gasteiger charge is 2.12. The van der Waals surface area contributed by atoms with Gasteiger partial charge >= 0.3 is 5.97 Å². The number of esters is 1. The lowest BCUT2D eigenvalue weighted by Crippen LogP contribution is -2.33. The molecule has 1 amide bonds. The first-order chi connectivity index (χ1) is 10.0. The van der Waals surface area contributed by atoms with Gasteiger partial charge in [0.25, 0.3) is 5.91 Å². The van der Waals surface area contributed by atoms with E-state index < -0.39 is 5.97 Å². The second-order valence-corrected chi connectivity index (χ2v) is 4.98. The Morgan fingerprint density at radius 1 is 1.24 bits per heavy atom. The summed E-state index contributed by atoms with van der Waals surface area (Å²) in [5, 5.41) is 3.25. The number of nitrogens with one attached hydrogen (secondary N) is 1. The third kappa shape index (κ3) is 7.11. The van der Waals surface area contributed by atoms with Gasteiger partial charge < -0.3 is 10.1 Å². The van der Waals surface area contributed by atoms with E-state index in [9.17, 15) is 9.59 Å². The monoisotopic (exact) mass is 312 g/mol. The van der Waals surface area contributed by atoms with Crippen LogP contribution >= 0.6 is 11.6 Å². The van der Waals surface area contributed by atoms with E-state index in [2.05, 4.69) is 5.32 Å². The Bertz CT molecular complexity index is 462. The zero-order chi connectivity index (χ0) is 15.7. The van der Waals surface area contributed by atoms with Gasteiger partial charge in [0.2, 0.25) is 0 Å². The molecule has 1 N–H and O–H groups in total. The van der Waals surface area contributed by atoms with Crippen LogP contribution in [-0.4, -0.2) is 43.0 Å². The first-order valence-electron chi connectivity index (χ1n) is 6.94. The standard InChI is InChI=1S/C15H21ClN2O3/c1-3-17-14(19)11-21-15(20)10-18(4-2)9-12-5-7-13(16)8-6-12/h5-8H,3-4,9-11H2,1-2H3,(H,17,19). The van der Waals surface area contributed by atoms with Crippen molar-refractivity contribution in [1.82, 2.24) is 10.2 Å². The van der Waals surface area contributed by atoms with Crippen molar-refractivity contribution in [3.8, 4) is 0 Å². The van der Waals surface area contributed by atoms with E-state index in [0.717, 1.165) is 5.56 Å². The van der Waals surface area contributed by atoms with Crippen LogP contribution in [0.1, 0.15) is 19.4 Å². The molecular formula is C15H21ClN2O3. The molecule has 6 heteroatoms. The predicted molar refractivity (Wildman–Crippen MR) is 82.0 cm³/mol. The zero-order valence-corrected chi connectivity index (χ0v) is 13.2. The SMILES string of the molecule is CCNC(=O)COC(=O)CN(CC)Cc1ccc(Cl)cc1. The van der Waals surface area contributed by atoms with Gasteiger partial charge in [0.05, 0.1) is 6.54 Å². The molecular weight excluding hydrogens is 292 g/mol. The van der Waals surface area contributed by atoms with Gasteiger partial charge in [-0.05, 0) is 31.2 Å². The van der Waals surface area contributed by atoms with Gasteiger partial charge in [-0.1, -0.05) is 30.7 Å². The summed E-state index contributed by atoms with van der Waals surface area (Å²) in [6.07, 6.45) is 0. The molecule has 116 valence electrons. The van der Waals surface area contributed by atoms with Crippen molar-refractivity contribution in [3.63, 3.8) is 0 Å². The van der Waals surface area contributed by atoms with Crippen LogP contribution in [0.25, 0.3) is 0 Å². The number of amides is 1. The van der Waals surface area contributed by atoms with Crippen molar-refractivity contribution >= 4 is 23.5 Å². The van der Waals surface area contributed by atoms with E-state index in [-0.39, 0.29) is 19.1 Å². The van der Waals surface area contributed by atoms with Gasteiger partial charge in [-0.3, -0.25) is 14.5 Å². The Labute approximate surface area is 130 Å². The molecule has 0 aliphatic carbocycles. The number of ether oxygens (including phenoxy) is 1. The Kier molecular flexibility index (Phi) is 7.79. The first kappa shape index (κ1) is 17.5. The van der Waals surface area contributed by atoms with E-state index in [4.69, 9.17) is 16.3 Å². The minimum Gasteiger partial charge on any atom is -0.455 e. The molecule has 21 heavy (non-hydrogen) atoms. The highest BCUT2D eigenvalue weighted by atomic mass is 35.5. The molecule has 0 saturated carbocycles. The Morgan fingerprint density at radius 2 is 1.90 bits per heavy atom. The van der Waals surface area contributed by atoms with E-state index in [0.29, 0.717) is 24.7 Å². The summed E-state index contributed by atoms with van der Waals surface area (Å²) in [5.74, 6) is -0.691. The summed E-state index contributed by atoms with van der Waals surface area (Å²) in [5.41, 5.74) is 1.07. The van der Waals surface area contributed by atoms with Crippen molar-refractivity contribution < 1.29 is 14.3 Å². The summed E-state index contributed by atoms with van der Waals surface area (Å²) >= 11 is 5.84. The summed E-state index contributed by atoms with van der Waals surface area (Å²) in [4.78, 5) is 24.8. The Morgan fingerprint density at radius 3 is 2.48 bits per heavy atom. The van der Waals surface area contributed by atoms with Crippen LogP contribution < -0.4 is 5.32 Å². The van der Waals surface area contributed by atoms with Crippen LogP contribution in [-0.2, 0) is 20.9 Å². The van der Waals surface area contributed by atoms with Gasteiger partial charge in [-0.25, -0.2) is 0 Å². The van der Waals surface area contributed by atoms with Crippen LogP contribution in [0.4, 0.5) is 0 Å². The fourth-order valence-corrected chi connectivity index (χ4v) is 1.88. The molecule has 0 radical (unpaired) electrons.